The molecule has 1 aromatic heterocycles. The average molecular weight is 200 g/mol. The molecular weight excluding hydrogens is 184 g/mol. The summed E-state index contributed by atoms with van der Waals surface area (Å²) < 4.78 is 2.41. The van der Waals surface area contributed by atoms with Gasteiger partial charge in [-0.25, -0.2) is 0 Å². The monoisotopic (exact) mass is 200 g/mol. The SMILES string of the molecule is NCCn1c2c(c3ccccc31)CCC2. The molecule has 1 heterocycles. The molecule has 1 aliphatic rings. The number of nitrogens with zero attached hydrogens (tertiary/aromatic N) is 1. The van der Waals surface area contributed by atoms with Crippen LogP contribution < -0.4 is 5.73 Å². The van der Waals surface area contributed by atoms with Crippen molar-refractivity contribution in [1.82, 2.24) is 4.57 Å². The molecule has 0 saturated carbocycles. The van der Waals surface area contributed by atoms with Gasteiger partial charge in [0.2, 0.25) is 0 Å². The standard InChI is InChI=1S/C13H16N2/c14-8-9-15-12-6-2-1-4-10(12)11-5-3-7-13(11)15/h1-2,4,6H,3,5,7-9,14H2. The van der Waals surface area contributed by atoms with Gasteiger partial charge in [0.05, 0.1) is 0 Å². The summed E-state index contributed by atoms with van der Waals surface area (Å²) in [5.74, 6) is 0. The molecule has 2 heteroatoms. The van der Waals surface area contributed by atoms with Crippen LogP contribution in [0.4, 0.5) is 0 Å². The molecular formula is C13H16N2. The number of aryl methyl sites for hydroxylation is 1. The maximum absolute atomic E-state index is 5.68. The number of benzene rings is 1. The number of para-hydroxylation sites is 1. The molecule has 15 heavy (non-hydrogen) atoms. The lowest BCUT2D eigenvalue weighted by molar-refractivity contribution is 0.696. The smallest absolute Gasteiger partial charge is 0.0485 e. The van der Waals surface area contributed by atoms with Crippen molar-refractivity contribution in [2.24, 2.45) is 5.73 Å². The Morgan fingerprint density at radius 2 is 2.07 bits per heavy atom. The van der Waals surface area contributed by atoms with E-state index < -0.39 is 0 Å². The highest BCUT2D eigenvalue weighted by molar-refractivity contribution is 5.86. The first kappa shape index (κ1) is 8.98. The highest BCUT2D eigenvalue weighted by atomic mass is 15.0. The molecule has 0 aliphatic heterocycles. The molecule has 1 aliphatic carbocycles. The van der Waals surface area contributed by atoms with Crippen LogP contribution in [0.5, 0.6) is 0 Å². The third kappa shape index (κ3) is 1.21. The average Bonchev–Trinajstić information content (AvgIpc) is 2.82. The second kappa shape index (κ2) is 3.38. The zero-order chi connectivity index (χ0) is 10.3. The van der Waals surface area contributed by atoms with E-state index in [1.165, 1.54) is 35.9 Å². The van der Waals surface area contributed by atoms with Gasteiger partial charge in [0.25, 0.3) is 0 Å². The predicted molar refractivity (Wildman–Crippen MR) is 63.0 cm³/mol. The minimum Gasteiger partial charge on any atom is -0.343 e. The Hall–Kier alpha value is -1.28. The van der Waals surface area contributed by atoms with Crippen molar-refractivity contribution in [3.8, 4) is 0 Å². The van der Waals surface area contributed by atoms with E-state index in [-0.39, 0.29) is 0 Å². The number of fused-ring (bicyclic) bond motifs is 3. The summed E-state index contributed by atoms with van der Waals surface area (Å²) in [4.78, 5) is 0. The topological polar surface area (TPSA) is 30.9 Å². The maximum Gasteiger partial charge on any atom is 0.0485 e. The lowest BCUT2D eigenvalue weighted by Crippen LogP contribution is -2.11. The Morgan fingerprint density at radius 1 is 1.20 bits per heavy atom. The first-order valence-electron chi connectivity index (χ1n) is 5.71. The van der Waals surface area contributed by atoms with Crippen LogP contribution in [0.3, 0.4) is 0 Å². The summed E-state index contributed by atoms with van der Waals surface area (Å²) in [6.07, 6.45) is 3.78. The zero-order valence-electron chi connectivity index (χ0n) is 8.87. The Balaban J connectivity index is 2.31. The second-order valence-electron chi connectivity index (χ2n) is 4.24. The van der Waals surface area contributed by atoms with Crippen molar-refractivity contribution < 1.29 is 0 Å². The van der Waals surface area contributed by atoms with Gasteiger partial charge in [-0.2, -0.15) is 0 Å². The van der Waals surface area contributed by atoms with E-state index in [0.29, 0.717) is 0 Å². The molecule has 2 N–H and O–H groups in total. The highest BCUT2D eigenvalue weighted by Crippen LogP contribution is 2.32. The van der Waals surface area contributed by atoms with E-state index in [9.17, 15) is 0 Å². The normalized spacial score (nSPS) is 14.7. The first-order chi connectivity index (χ1) is 7.42. The van der Waals surface area contributed by atoms with Crippen molar-refractivity contribution in [1.29, 1.82) is 0 Å². The molecule has 0 spiro atoms. The van der Waals surface area contributed by atoms with Gasteiger partial charge in [-0.1, -0.05) is 18.2 Å². The van der Waals surface area contributed by atoms with E-state index in [1.807, 2.05) is 0 Å². The van der Waals surface area contributed by atoms with Crippen LogP contribution >= 0.6 is 0 Å². The van der Waals surface area contributed by atoms with Crippen LogP contribution in [0.1, 0.15) is 17.7 Å². The molecule has 0 amide bonds. The molecule has 2 aromatic rings. The molecule has 0 radical (unpaired) electrons. The van der Waals surface area contributed by atoms with Gasteiger partial charge < -0.3 is 10.3 Å². The molecule has 0 fully saturated rings. The van der Waals surface area contributed by atoms with Crippen LogP contribution in [0.25, 0.3) is 10.9 Å². The molecule has 0 unspecified atom stereocenters. The first-order valence-corrected chi connectivity index (χ1v) is 5.71. The van der Waals surface area contributed by atoms with Crippen LogP contribution in [-0.4, -0.2) is 11.1 Å². The minimum absolute atomic E-state index is 0.727. The van der Waals surface area contributed by atoms with Gasteiger partial charge in [0, 0.05) is 29.7 Å². The van der Waals surface area contributed by atoms with Gasteiger partial charge in [-0.05, 0) is 30.9 Å². The summed E-state index contributed by atoms with van der Waals surface area (Å²) in [6, 6.07) is 8.70. The maximum atomic E-state index is 5.68. The van der Waals surface area contributed by atoms with Gasteiger partial charge in [0.1, 0.15) is 0 Å². The van der Waals surface area contributed by atoms with E-state index in [4.69, 9.17) is 5.73 Å². The molecule has 2 nitrogen and oxygen atoms in total. The number of nitrogens with two attached hydrogens (primary N) is 1. The van der Waals surface area contributed by atoms with Crippen LogP contribution in [0.2, 0.25) is 0 Å². The number of hydrogen-bond donors (Lipinski definition) is 1. The molecule has 78 valence electrons. The van der Waals surface area contributed by atoms with Crippen LogP contribution in [-0.2, 0) is 19.4 Å². The fraction of sp³-hybridized carbons (Fsp3) is 0.385. The third-order valence-corrected chi connectivity index (χ3v) is 3.39. The molecule has 0 bridgehead atoms. The number of hydrogen-bond acceptors (Lipinski definition) is 1. The fourth-order valence-corrected chi connectivity index (χ4v) is 2.81. The zero-order valence-corrected chi connectivity index (χ0v) is 8.87. The van der Waals surface area contributed by atoms with E-state index >= 15 is 0 Å². The molecule has 1 aromatic carbocycles. The van der Waals surface area contributed by atoms with Gasteiger partial charge >= 0.3 is 0 Å². The van der Waals surface area contributed by atoms with Crippen molar-refractivity contribution >= 4 is 10.9 Å². The lowest BCUT2D eigenvalue weighted by atomic mass is 10.1. The van der Waals surface area contributed by atoms with Crippen molar-refractivity contribution in [2.75, 3.05) is 6.54 Å². The largest absolute Gasteiger partial charge is 0.343 e. The van der Waals surface area contributed by atoms with E-state index in [2.05, 4.69) is 28.8 Å². The van der Waals surface area contributed by atoms with Crippen LogP contribution in [0, 0.1) is 0 Å². The molecule has 3 rings (SSSR count). The number of rotatable bonds is 2. The van der Waals surface area contributed by atoms with Gasteiger partial charge in [-0.3, -0.25) is 0 Å². The highest BCUT2D eigenvalue weighted by Gasteiger charge is 2.20. The van der Waals surface area contributed by atoms with Crippen molar-refractivity contribution in [3.05, 3.63) is 35.5 Å². The Kier molecular flexibility index (Phi) is 2.03. The lowest BCUT2D eigenvalue weighted by Gasteiger charge is -2.06. The summed E-state index contributed by atoms with van der Waals surface area (Å²) >= 11 is 0. The van der Waals surface area contributed by atoms with Gasteiger partial charge in [0.15, 0.2) is 0 Å². The summed E-state index contributed by atoms with van der Waals surface area (Å²) in [5.41, 5.74) is 10.2. The van der Waals surface area contributed by atoms with Crippen LogP contribution in [0.15, 0.2) is 24.3 Å². The molecule has 0 saturated heterocycles. The minimum atomic E-state index is 0.727. The van der Waals surface area contributed by atoms with E-state index in [1.54, 1.807) is 5.56 Å². The van der Waals surface area contributed by atoms with Crippen molar-refractivity contribution in [3.63, 3.8) is 0 Å². The van der Waals surface area contributed by atoms with Gasteiger partial charge in [-0.15, -0.1) is 0 Å². The quantitative estimate of drug-likeness (QED) is 0.790. The number of aromatic nitrogens is 1. The fourth-order valence-electron chi connectivity index (χ4n) is 2.81. The second-order valence-corrected chi connectivity index (χ2v) is 4.24. The third-order valence-electron chi connectivity index (χ3n) is 3.39. The van der Waals surface area contributed by atoms with E-state index in [0.717, 1.165) is 13.1 Å². The Morgan fingerprint density at radius 3 is 2.93 bits per heavy atom. The van der Waals surface area contributed by atoms with Crippen molar-refractivity contribution in [2.45, 2.75) is 25.8 Å². The summed E-state index contributed by atoms with van der Waals surface area (Å²) in [5, 5.41) is 1.44. The summed E-state index contributed by atoms with van der Waals surface area (Å²) in [7, 11) is 0. The predicted octanol–water partition coefficient (Wildman–Crippen LogP) is 2.09. The Bertz CT molecular complexity index is 496. The summed E-state index contributed by atoms with van der Waals surface area (Å²) in [6.45, 7) is 1.68. The molecule has 0 atom stereocenters. The Labute approximate surface area is 89.7 Å².